The molecule has 1 saturated heterocycles. The number of thiophene rings is 1. The van der Waals surface area contributed by atoms with Crippen molar-refractivity contribution in [1.82, 2.24) is 9.80 Å². The van der Waals surface area contributed by atoms with Crippen LogP contribution in [0.3, 0.4) is 0 Å². The number of hydrogen-bond acceptors (Lipinski definition) is 3. The summed E-state index contributed by atoms with van der Waals surface area (Å²) in [6.07, 6.45) is 0.717. The van der Waals surface area contributed by atoms with Crippen LogP contribution in [0.25, 0.3) is 0 Å². The molecule has 1 amide bonds. The van der Waals surface area contributed by atoms with Gasteiger partial charge in [0, 0.05) is 43.2 Å². The predicted octanol–water partition coefficient (Wildman–Crippen LogP) is 3.90. The minimum Gasteiger partial charge on any atom is -0.339 e. The summed E-state index contributed by atoms with van der Waals surface area (Å²) < 4.78 is 14.5. The molecule has 2 aliphatic rings. The lowest BCUT2D eigenvalue weighted by atomic mass is 9.86. The normalized spacial score (nSPS) is 25.3. The molecule has 1 saturated carbocycles. The molecule has 2 heterocycles. The Morgan fingerprint density at radius 2 is 1.81 bits per heavy atom. The molecule has 1 aliphatic carbocycles. The molecule has 4 rings (SSSR count). The maximum atomic E-state index is 14.5. The van der Waals surface area contributed by atoms with Gasteiger partial charge in [0.2, 0.25) is 5.91 Å². The second-order valence-corrected chi connectivity index (χ2v) is 9.13. The van der Waals surface area contributed by atoms with Crippen molar-refractivity contribution in [1.29, 1.82) is 0 Å². The summed E-state index contributed by atoms with van der Waals surface area (Å²) in [5, 5.41) is 2.10. The Bertz CT molecular complexity index is 796. The minimum absolute atomic E-state index is 0.100. The first-order chi connectivity index (χ1) is 12.4. The van der Waals surface area contributed by atoms with Gasteiger partial charge in [-0.3, -0.25) is 9.69 Å². The van der Waals surface area contributed by atoms with Gasteiger partial charge in [-0.1, -0.05) is 38.1 Å². The molecule has 0 radical (unpaired) electrons. The maximum absolute atomic E-state index is 14.5. The van der Waals surface area contributed by atoms with E-state index in [2.05, 4.69) is 36.3 Å². The average molecular weight is 373 g/mol. The zero-order valence-corrected chi connectivity index (χ0v) is 16.2. The second-order valence-electron chi connectivity index (χ2n) is 8.09. The van der Waals surface area contributed by atoms with Crippen LogP contribution in [0.2, 0.25) is 0 Å². The lowest BCUT2D eigenvalue weighted by Crippen LogP contribution is -2.52. The molecule has 0 N–H and O–H groups in total. The van der Waals surface area contributed by atoms with Crippen molar-refractivity contribution in [2.45, 2.75) is 32.2 Å². The molecule has 0 bridgehead atoms. The molecule has 138 valence electrons. The molecule has 0 spiro atoms. The molecule has 1 aromatic heterocycles. The second kappa shape index (κ2) is 6.46. The van der Waals surface area contributed by atoms with E-state index >= 15 is 0 Å². The summed E-state index contributed by atoms with van der Waals surface area (Å²) in [5.41, 5.74) is -0.328. The van der Waals surface area contributed by atoms with Gasteiger partial charge in [0.05, 0.1) is 5.41 Å². The van der Waals surface area contributed by atoms with Crippen LogP contribution in [-0.2, 0) is 16.8 Å². The third kappa shape index (κ3) is 2.87. The van der Waals surface area contributed by atoms with Crippen molar-refractivity contribution in [3.05, 3.63) is 58.0 Å². The van der Waals surface area contributed by atoms with Crippen LogP contribution in [0.15, 0.2) is 41.8 Å². The standard InChI is InChI=1S/C21H25FN2OS/c1-20(2)15-21(20,17-7-3-4-8-18(17)22)19(25)24-11-9-23(10-12-24)14-16-6-5-13-26-16/h3-8,13H,9-12,14-15H2,1-2H3. The van der Waals surface area contributed by atoms with Crippen LogP contribution >= 0.6 is 11.3 Å². The Kier molecular flexibility index (Phi) is 4.40. The smallest absolute Gasteiger partial charge is 0.233 e. The van der Waals surface area contributed by atoms with Gasteiger partial charge in [-0.2, -0.15) is 0 Å². The molecule has 1 aromatic carbocycles. The molecule has 26 heavy (non-hydrogen) atoms. The number of carbonyl (C=O) groups is 1. The first kappa shape index (κ1) is 17.7. The molecular formula is C21H25FN2OS. The molecule has 1 aliphatic heterocycles. The first-order valence-electron chi connectivity index (χ1n) is 9.23. The van der Waals surface area contributed by atoms with E-state index in [1.165, 1.54) is 10.9 Å². The number of piperazine rings is 1. The Hall–Kier alpha value is -1.72. The fraction of sp³-hybridized carbons (Fsp3) is 0.476. The average Bonchev–Trinajstić information content (AvgIpc) is 2.96. The van der Waals surface area contributed by atoms with Crippen molar-refractivity contribution < 1.29 is 9.18 Å². The topological polar surface area (TPSA) is 23.6 Å². The summed E-state index contributed by atoms with van der Waals surface area (Å²) in [5.74, 6) is -0.161. The zero-order chi connectivity index (χ0) is 18.4. The van der Waals surface area contributed by atoms with Crippen LogP contribution in [-0.4, -0.2) is 41.9 Å². The van der Waals surface area contributed by atoms with Crippen molar-refractivity contribution >= 4 is 17.2 Å². The molecule has 5 heteroatoms. The minimum atomic E-state index is -0.700. The van der Waals surface area contributed by atoms with Crippen LogP contribution in [0, 0.1) is 11.2 Å². The Morgan fingerprint density at radius 3 is 2.38 bits per heavy atom. The van der Waals surface area contributed by atoms with E-state index in [1.54, 1.807) is 23.5 Å². The summed E-state index contributed by atoms with van der Waals surface area (Å²) in [7, 11) is 0. The summed E-state index contributed by atoms with van der Waals surface area (Å²) in [4.78, 5) is 19.1. The monoisotopic (exact) mass is 372 g/mol. The van der Waals surface area contributed by atoms with Gasteiger partial charge in [-0.05, 0) is 29.3 Å². The highest BCUT2D eigenvalue weighted by Crippen LogP contribution is 2.65. The van der Waals surface area contributed by atoms with Gasteiger partial charge in [0.25, 0.3) is 0 Å². The predicted molar refractivity (Wildman–Crippen MR) is 103 cm³/mol. The molecule has 1 unspecified atom stereocenters. The Morgan fingerprint density at radius 1 is 1.12 bits per heavy atom. The van der Waals surface area contributed by atoms with E-state index in [-0.39, 0.29) is 17.1 Å². The molecule has 2 aromatic rings. The summed E-state index contributed by atoms with van der Waals surface area (Å²) in [6, 6.07) is 11.0. The lowest BCUT2D eigenvalue weighted by molar-refractivity contribution is -0.136. The zero-order valence-electron chi connectivity index (χ0n) is 15.4. The van der Waals surface area contributed by atoms with Gasteiger partial charge in [0.15, 0.2) is 0 Å². The number of halogens is 1. The maximum Gasteiger partial charge on any atom is 0.233 e. The van der Waals surface area contributed by atoms with Crippen molar-refractivity contribution in [2.75, 3.05) is 26.2 Å². The fourth-order valence-electron chi connectivity index (χ4n) is 4.37. The fourth-order valence-corrected chi connectivity index (χ4v) is 5.11. The van der Waals surface area contributed by atoms with Crippen LogP contribution in [0.4, 0.5) is 4.39 Å². The third-order valence-electron chi connectivity index (χ3n) is 6.06. The largest absolute Gasteiger partial charge is 0.339 e. The quantitative estimate of drug-likeness (QED) is 0.813. The van der Waals surface area contributed by atoms with E-state index in [9.17, 15) is 9.18 Å². The first-order valence-corrected chi connectivity index (χ1v) is 10.1. The van der Waals surface area contributed by atoms with E-state index in [0.29, 0.717) is 5.56 Å². The van der Waals surface area contributed by atoms with Gasteiger partial charge in [-0.15, -0.1) is 11.3 Å². The van der Waals surface area contributed by atoms with Crippen molar-refractivity contribution in [2.24, 2.45) is 5.41 Å². The van der Waals surface area contributed by atoms with Crippen LogP contribution < -0.4 is 0 Å². The van der Waals surface area contributed by atoms with Crippen molar-refractivity contribution in [3.63, 3.8) is 0 Å². The number of hydrogen-bond donors (Lipinski definition) is 0. The van der Waals surface area contributed by atoms with Crippen LogP contribution in [0.1, 0.15) is 30.7 Å². The van der Waals surface area contributed by atoms with Crippen LogP contribution in [0.5, 0.6) is 0 Å². The van der Waals surface area contributed by atoms with E-state index < -0.39 is 5.41 Å². The van der Waals surface area contributed by atoms with E-state index in [1.807, 2.05) is 11.0 Å². The number of rotatable bonds is 4. The number of carbonyl (C=O) groups excluding carboxylic acids is 1. The number of benzene rings is 1. The Labute approximate surface area is 158 Å². The van der Waals surface area contributed by atoms with E-state index in [0.717, 1.165) is 39.1 Å². The highest BCUT2D eigenvalue weighted by Gasteiger charge is 2.68. The lowest BCUT2D eigenvalue weighted by Gasteiger charge is -2.37. The van der Waals surface area contributed by atoms with E-state index in [4.69, 9.17) is 0 Å². The Balaban J connectivity index is 1.48. The third-order valence-corrected chi connectivity index (χ3v) is 6.92. The molecule has 3 nitrogen and oxygen atoms in total. The SMILES string of the molecule is CC1(C)CC1(C(=O)N1CCN(Cc2cccs2)CC1)c1ccccc1F. The number of nitrogens with zero attached hydrogens (tertiary/aromatic N) is 2. The molecule has 1 atom stereocenters. The number of amides is 1. The van der Waals surface area contributed by atoms with Gasteiger partial charge in [0.1, 0.15) is 5.82 Å². The van der Waals surface area contributed by atoms with Crippen molar-refractivity contribution in [3.8, 4) is 0 Å². The van der Waals surface area contributed by atoms with Gasteiger partial charge < -0.3 is 4.90 Å². The molecular weight excluding hydrogens is 347 g/mol. The van der Waals surface area contributed by atoms with Gasteiger partial charge in [-0.25, -0.2) is 4.39 Å². The van der Waals surface area contributed by atoms with Gasteiger partial charge >= 0.3 is 0 Å². The molecule has 2 fully saturated rings. The summed E-state index contributed by atoms with van der Waals surface area (Å²) >= 11 is 1.77. The summed E-state index contributed by atoms with van der Waals surface area (Å²) in [6.45, 7) is 8.28. The highest BCUT2D eigenvalue weighted by molar-refractivity contribution is 7.09. The highest BCUT2D eigenvalue weighted by atomic mass is 32.1.